The van der Waals surface area contributed by atoms with Gasteiger partial charge in [-0.05, 0) is 54.8 Å². The summed E-state index contributed by atoms with van der Waals surface area (Å²) in [5, 5.41) is 4.59. The largest absolute Gasteiger partial charge is 0.449 e. The summed E-state index contributed by atoms with van der Waals surface area (Å²) in [7, 11) is 1.63. The van der Waals surface area contributed by atoms with E-state index in [1.165, 1.54) is 23.2 Å². The maximum atomic E-state index is 12.5. The van der Waals surface area contributed by atoms with E-state index < -0.39 is 12.1 Å². The van der Waals surface area contributed by atoms with Gasteiger partial charge in [-0.15, -0.1) is 11.3 Å². The number of thiophene rings is 1. The molecule has 0 saturated carbocycles. The second-order valence-electron chi connectivity index (χ2n) is 6.29. The zero-order valence-corrected chi connectivity index (χ0v) is 16.8. The standard InChI is InChI=1S/C22H20N2O4S/c1-15(21(26)24(2)18-7-4-3-5-8-18)28-22(27)16-10-12-17(13-11-16)23-20(25)19-9-6-14-29-19/h3-15H,1-2H3,(H,23,25)/t15-/m1/s1. The summed E-state index contributed by atoms with van der Waals surface area (Å²) >= 11 is 1.35. The van der Waals surface area contributed by atoms with E-state index in [2.05, 4.69) is 5.32 Å². The number of amides is 2. The number of likely N-dealkylation sites (N-methyl/N-ethyl adjacent to an activating group) is 1. The number of carbonyl (C=O) groups is 3. The van der Waals surface area contributed by atoms with Crippen LogP contribution in [0.15, 0.2) is 72.1 Å². The van der Waals surface area contributed by atoms with Crippen LogP contribution < -0.4 is 10.2 Å². The van der Waals surface area contributed by atoms with Crippen molar-refractivity contribution in [3.63, 3.8) is 0 Å². The lowest BCUT2D eigenvalue weighted by Crippen LogP contribution is -2.37. The van der Waals surface area contributed by atoms with Gasteiger partial charge in [0.2, 0.25) is 0 Å². The lowest BCUT2D eigenvalue weighted by Gasteiger charge is -2.21. The minimum Gasteiger partial charge on any atom is -0.449 e. The van der Waals surface area contributed by atoms with Gasteiger partial charge in [-0.25, -0.2) is 4.79 Å². The van der Waals surface area contributed by atoms with Crippen molar-refractivity contribution >= 4 is 40.5 Å². The number of nitrogens with one attached hydrogen (secondary N) is 1. The molecular weight excluding hydrogens is 388 g/mol. The van der Waals surface area contributed by atoms with E-state index in [4.69, 9.17) is 4.74 Å². The van der Waals surface area contributed by atoms with Crippen molar-refractivity contribution < 1.29 is 19.1 Å². The van der Waals surface area contributed by atoms with Crippen LogP contribution in [0.1, 0.15) is 27.0 Å². The van der Waals surface area contributed by atoms with Crippen molar-refractivity contribution in [1.82, 2.24) is 0 Å². The average Bonchev–Trinajstić information content (AvgIpc) is 3.29. The Morgan fingerprint density at radius 2 is 1.66 bits per heavy atom. The molecule has 0 saturated heterocycles. The molecule has 0 radical (unpaired) electrons. The van der Waals surface area contributed by atoms with E-state index in [0.717, 1.165) is 0 Å². The predicted octanol–water partition coefficient (Wildman–Crippen LogP) is 4.21. The highest BCUT2D eigenvalue weighted by molar-refractivity contribution is 7.12. The van der Waals surface area contributed by atoms with Gasteiger partial charge in [0.1, 0.15) is 0 Å². The maximum Gasteiger partial charge on any atom is 0.338 e. The Labute approximate surface area is 172 Å². The Balaban J connectivity index is 1.58. The molecule has 1 N–H and O–H groups in total. The number of rotatable bonds is 6. The number of anilines is 2. The molecule has 2 aromatic carbocycles. The van der Waals surface area contributed by atoms with Gasteiger partial charge in [0.15, 0.2) is 6.10 Å². The lowest BCUT2D eigenvalue weighted by molar-refractivity contribution is -0.126. The third-order valence-electron chi connectivity index (χ3n) is 4.23. The summed E-state index contributed by atoms with van der Waals surface area (Å²) in [6, 6.07) is 19.0. The number of esters is 1. The Hall–Kier alpha value is -3.45. The molecule has 0 aliphatic heterocycles. The molecule has 1 atom stereocenters. The number of hydrogen-bond acceptors (Lipinski definition) is 5. The summed E-state index contributed by atoms with van der Waals surface area (Å²) in [5.41, 5.74) is 1.57. The van der Waals surface area contributed by atoms with Crippen LogP contribution in [0.3, 0.4) is 0 Å². The Morgan fingerprint density at radius 3 is 2.28 bits per heavy atom. The normalized spacial score (nSPS) is 11.4. The molecule has 1 aromatic heterocycles. The molecule has 148 valence electrons. The van der Waals surface area contributed by atoms with Crippen LogP contribution in [-0.2, 0) is 9.53 Å². The highest BCUT2D eigenvalue weighted by Gasteiger charge is 2.23. The Kier molecular flexibility index (Phi) is 6.41. The van der Waals surface area contributed by atoms with Crippen LogP contribution >= 0.6 is 11.3 Å². The third-order valence-corrected chi connectivity index (χ3v) is 5.10. The fourth-order valence-electron chi connectivity index (χ4n) is 2.62. The Bertz CT molecular complexity index is 985. The van der Waals surface area contributed by atoms with E-state index in [-0.39, 0.29) is 11.8 Å². The SMILES string of the molecule is C[C@@H](OC(=O)c1ccc(NC(=O)c2cccs2)cc1)C(=O)N(C)c1ccccc1. The molecule has 2 amide bonds. The monoisotopic (exact) mass is 408 g/mol. The van der Waals surface area contributed by atoms with Gasteiger partial charge in [0.25, 0.3) is 11.8 Å². The molecule has 0 fully saturated rings. The van der Waals surface area contributed by atoms with Gasteiger partial charge in [0, 0.05) is 18.4 Å². The van der Waals surface area contributed by atoms with Crippen molar-refractivity contribution in [2.75, 3.05) is 17.3 Å². The fraction of sp³-hybridized carbons (Fsp3) is 0.136. The second-order valence-corrected chi connectivity index (χ2v) is 7.24. The number of nitrogens with zero attached hydrogens (tertiary/aromatic N) is 1. The van der Waals surface area contributed by atoms with Crippen LogP contribution in [0.4, 0.5) is 11.4 Å². The first-order valence-corrected chi connectivity index (χ1v) is 9.82. The van der Waals surface area contributed by atoms with Crippen molar-refractivity contribution in [2.45, 2.75) is 13.0 Å². The molecule has 0 aliphatic carbocycles. The quantitative estimate of drug-likeness (QED) is 0.620. The molecule has 7 heteroatoms. The minimum atomic E-state index is -0.939. The molecule has 3 aromatic rings. The molecule has 0 aliphatic rings. The second kappa shape index (κ2) is 9.16. The van der Waals surface area contributed by atoms with E-state index in [1.807, 2.05) is 23.6 Å². The smallest absolute Gasteiger partial charge is 0.338 e. The van der Waals surface area contributed by atoms with E-state index >= 15 is 0 Å². The van der Waals surface area contributed by atoms with Gasteiger partial charge in [-0.2, -0.15) is 0 Å². The highest BCUT2D eigenvalue weighted by atomic mass is 32.1. The van der Waals surface area contributed by atoms with Crippen LogP contribution in [-0.4, -0.2) is 30.9 Å². The van der Waals surface area contributed by atoms with Crippen molar-refractivity contribution in [3.05, 3.63) is 82.6 Å². The summed E-state index contributed by atoms with van der Waals surface area (Å²) in [5.74, 6) is -1.15. The van der Waals surface area contributed by atoms with Crippen LogP contribution in [0.5, 0.6) is 0 Å². The molecule has 3 rings (SSSR count). The predicted molar refractivity (Wildman–Crippen MR) is 113 cm³/mol. The topological polar surface area (TPSA) is 75.7 Å². The van der Waals surface area contributed by atoms with Crippen molar-refractivity contribution in [3.8, 4) is 0 Å². The van der Waals surface area contributed by atoms with Gasteiger partial charge in [0.05, 0.1) is 10.4 Å². The van der Waals surface area contributed by atoms with E-state index in [0.29, 0.717) is 21.8 Å². The first-order chi connectivity index (χ1) is 14.0. The van der Waals surface area contributed by atoms with Crippen LogP contribution in [0, 0.1) is 0 Å². The van der Waals surface area contributed by atoms with Gasteiger partial charge >= 0.3 is 5.97 Å². The fourth-order valence-corrected chi connectivity index (χ4v) is 3.24. The molecule has 1 heterocycles. The first-order valence-electron chi connectivity index (χ1n) is 8.94. The van der Waals surface area contributed by atoms with Gasteiger partial charge in [-0.3, -0.25) is 9.59 Å². The molecular formula is C22H20N2O4S. The number of para-hydroxylation sites is 1. The third kappa shape index (κ3) is 5.08. The van der Waals surface area contributed by atoms with Crippen LogP contribution in [0.25, 0.3) is 0 Å². The summed E-state index contributed by atoms with van der Waals surface area (Å²) < 4.78 is 5.30. The van der Waals surface area contributed by atoms with Gasteiger partial charge < -0.3 is 15.0 Å². The van der Waals surface area contributed by atoms with Crippen molar-refractivity contribution in [2.24, 2.45) is 0 Å². The van der Waals surface area contributed by atoms with E-state index in [1.54, 1.807) is 55.6 Å². The summed E-state index contributed by atoms with van der Waals surface area (Å²) in [6.07, 6.45) is -0.939. The number of hydrogen-bond donors (Lipinski definition) is 1. The minimum absolute atomic E-state index is 0.210. The Morgan fingerprint density at radius 1 is 0.966 bits per heavy atom. The van der Waals surface area contributed by atoms with Crippen molar-refractivity contribution in [1.29, 1.82) is 0 Å². The molecule has 29 heavy (non-hydrogen) atoms. The zero-order chi connectivity index (χ0) is 20.8. The molecule has 0 bridgehead atoms. The molecule has 0 unspecified atom stereocenters. The van der Waals surface area contributed by atoms with Crippen LogP contribution in [0.2, 0.25) is 0 Å². The maximum absolute atomic E-state index is 12.5. The average molecular weight is 408 g/mol. The first kappa shape index (κ1) is 20.3. The summed E-state index contributed by atoms with van der Waals surface area (Å²) in [6.45, 7) is 1.54. The molecule has 6 nitrogen and oxygen atoms in total. The van der Waals surface area contributed by atoms with Gasteiger partial charge in [-0.1, -0.05) is 24.3 Å². The molecule has 0 spiro atoms. The highest BCUT2D eigenvalue weighted by Crippen LogP contribution is 2.16. The zero-order valence-electron chi connectivity index (χ0n) is 16.0. The number of carbonyl (C=O) groups excluding carboxylic acids is 3. The number of ether oxygens (including phenoxy) is 1. The van der Waals surface area contributed by atoms with E-state index in [9.17, 15) is 14.4 Å². The summed E-state index contributed by atoms with van der Waals surface area (Å²) in [4.78, 5) is 39.0. The number of benzene rings is 2. The lowest BCUT2D eigenvalue weighted by atomic mass is 10.2.